The zero-order chi connectivity index (χ0) is 18.5. The fourth-order valence-electron chi connectivity index (χ4n) is 1.99. The Hall–Kier alpha value is -2.57. The van der Waals surface area contributed by atoms with Crippen LogP contribution in [0.3, 0.4) is 0 Å². The molecule has 132 valence electrons. The Morgan fingerprint density at radius 3 is 2.25 bits per heavy atom. The third-order valence-electron chi connectivity index (χ3n) is 3.20. The summed E-state index contributed by atoms with van der Waals surface area (Å²) in [5, 5.41) is 10.6. The number of carbonyl (C=O) groups excluding carboxylic acids is 3. The van der Waals surface area contributed by atoms with E-state index < -0.39 is 12.1 Å². The van der Waals surface area contributed by atoms with Gasteiger partial charge in [-0.1, -0.05) is 0 Å². The zero-order valence-electron chi connectivity index (χ0n) is 15.0. The lowest BCUT2D eigenvalue weighted by Gasteiger charge is -2.23. The third kappa shape index (κ3) is 5.91. The molecule has 1 aromatic rings. The summed E-state index contributed by atoms with van der Waals surface area (Å²) in [7, 11) is 1.56. The molecule has 1 atom stereocenters. The first-order valence-corrected chi connectivity index (χ1v) is 7.76. The molecule has 1 aromatic carbocycles. The standard InChI is InChI=1S/C17H26N4O3/c1-10-9-12(15(23)18-6)7-8-13(10)20-16(24)19-11(2)14(22)21-17(3,4)5/h7-9,11H,1-6H3,(H,18,23)(H,21,22)(H2,19,20,24). The Kier molecular flexibility index (Phi) is 6.34. The van der Waals surface area contributed by atoms with Crippen molar-refractivity contribution >= 4 is 23.5 Å². The summed E-state index contributed by atoms with van der Waals surface area (Å²) in [6.07, 6.45) is 0. The van der Waals surface area contributed by atoms with E-state index in [0.29, 0.717) is 11.3 Å². The van der Waals surface area contributed by atoms with Gasteiger partial charge in [-0.2, -0.15) is 0 Å². The average Bonchev–Trinajstić information content (AvgIpc) is 2.46. The Bertz CT molecular complexity index is 635. The van der Waals surface area contributed by atoms with Crippen LogP contribution in [-0.2, 0) is 4.79 Å². The SMILES string of the molecule is CNC(=O)c1ccc(NC(=O)NC(C)C(=O)NC(C)(C)C)c(C)c1. The van der Waals surface area contributed by atoms with Crippen LogP contribution < -0.4 is 21.3 Å². The first-order chi connectivity index (χ1) is 11.0. The second kappa shape index (κ2) is 7.81. The summed E-state index contributed by atoms with van der Waals surface area (Å²) in [5.41, 5.74) is 1.47. The molecule has 0 saturated heterocycles. The molecule has 0 spiro atoms. The maximum atomic E-state index is 12.0. The van der Waals surface area contributed by atoms with Crippen molar-refractivity contribution in [2.75, 3.05) is 12.4 Å². The maximum absolute atomic E-state index is 12.0. The van der Waals surface area contributed by atoms with Crippen LogP contribution in [-0.4, -0.2) is 36.5 Å². The van der Waals surface area contributed by atoms with Crippen molar-refractivity contribution in [2.45, 2.75) is 46.2 Å². The summed E-state index contributed by atoms with van der Waals surface area (Å²) in [4.78, 5) is 35.6. The Labute approximate surface area is 142 Å². The first-order valence-electron chi connectivity index (χ1n) is 7.76. The monoisotopic (exact) mass is 334 g/mol. The van der Waals surface area contributed by atoms with Gasteiger partial charge in [-0.05, 0) is 58.4 Å². The lowest BCUT2D eigenvalue weighted by Crippen LogP contribution is -2.51. The van der Waals surface area contributed by atoms with Gasteiger partial charge >= 0.3 is 6.03 Å². The molecule has 7 nitrogen and oxygen atoms in total. The van der Waals surface area contributed by atoms with Gasteiger partial charge in [0.2, 0.25) is 5.91 Å². The van der Waals surface area contributed by atoms with Crippen molar-refractivity contribution < 1.29 is 14.4 Å². The molecule has 1 rings (SSSR count). The van der Waals surface area contributed by atoms with E-state index in [1.807, 2.05) is 20.8 Å². The van der Waals surface area contributed by atoms with Crippen LogP contribution in [0, 0.1) is 6.92 Å². The smallest absolute Gasteiger partial charge is 0.319 e. The quantitative estimate of drug-likeness (QED) is 0.675. The van der Waals surface area contributed by atoms with E-state index >= 15 is 0 Å². The summed E-state index contributed by atoms with van der Waals surface area (Å²) in [5.74, 6) is -0.453. The third-order valence-corrected chi connectivity index (χ3v) is 3.20. The highest BCUT2D eigenvalue weighted by Gasteiger charge is 2.20. The molecule has 0 fully saturated rings. The number of anilines is 1. The van der Waals surface area contributed by atoms with E-state index in [4.69, 9.17) is 0 Å². The van der Waals surface area contributed by atoms with E-state index in [1.165, 1.54) is 0 Å². The van der Waals surface area contributed by atoms with Crippen LogP contribution in [0.1, 0.15) is 43.6 Å². The molecule has 0 aliphatic rings. The normalized spacial score (nSPS) is 12.1. The molecular formula is C17H26N4O3. The van der Waals surface area contributed by atoms with E-state index in [0.717, 1.165) is 5.56 Å². The van der Waals surface area contributed by atoms with E-state index in [1.54, 1.807) is 39.1 Å². The topological polar surface area (TPSA) is 99.3 Å². The molecule has 0 bridgehead atoms. The number of hydrogen-bond acceptors (Lipinski definition) is 3. The van der Waals surface area contributed by atoms with Gasteiger partial charge in [0.1, 0.15) is 6.04 Å². The number of urea groups is 1. The van der Waals surface area contributed by atoms with Crippen LogP contribution in [0.4, 0.5) is 10.5 Å². The molecule has 0 saturated carbocycles. The molecule has 0 aliphatic heterocycles. The predicted octanol–water partition coefficient (Wildman–Crippen LogP) is 1.78. The molecular weight excluding hydrogens is 308 g/mol. The lowest BCUT2D eigenvalue weighted by molar-refractivity contribution is -0.123. The van der Waals surface area contributed by atoms with Crippen LogP contribution in [0.5, 0.6) is 0 Å². The average molecular weight is 334 g/mol. The molecule has 0 aliphatic carbocycles. The highest BCUT2D eigenvalue weighted by atomic mass is 16.2. The molecule has 0 heterocycles. The van der Waals surface area contributed by atoms with Gasteiger partial charge in [-0.3, -0.25) is 9.59 Å². The van der Waals surface area contributed by atoms with E-state index in [9.17, 15) is 14.4 Å². The summed E-state index contributed by atoms with van der Waals surface area (Å²) in [6.45, 7) is 9.01. The van der Waals surface area contributed by atoms with Crippen molar-refractivity contribution in [2.24, 2.45) is 0 Å². The number of hydrogen-bond donors (Lipinski definition) is 4. The molecule has 0 aromatic heterocycles. The van der Waals surface area contributed by atoms with Gasteiger partial charge in [0.05, 0.1) is 0 Å². The van der Waals surface area contributed by atoms with Gasteiger partial charge < -0.3 is 21.3 Å². The van der Waals surface area contributed by atoms with Crippen LogP contribution in [0.15, 0.2) is 18.2 Å². The van der Waals surface area contributed by atoms with Crippen LogP contribution in [0.2, 0.25) is 0 Å². The minimum absolute atomic E-state index is 0.193. The van der Waals surface area contributed by atoms with Crippen molar-refractivity contribution in [3.63, 3.8) is 0 Å². The Morgan fingerprint density at radius 1 is 1.12 bits per heavy atom. The maximum Gasteiger partial charge on any atom is 0.319 e. The number of nitrogens with one attached hydrogen (secondary N) is 4. The second-order valence-electron chi connectivity index (χ2n) is 6.67. The molecule has 24 heavy (non-hydrogen) atoms. The number of amides is 4. The number of rotatable bonds is 4. The molecule has 1 unspecified atom stereocenters. The van der Waals surface area contributed by atoms with Gasteiger partial charge in [0.25, 0.3) is 5.91 Å². The molecule has 7 heteroatoms. The summed E-state index contributed by atoms with van der Waals surface area (Å²) >= 11 is 0. The van der Waals surface area contributed by atoms with Gasteiger partial charge in [0, 0.05) is 23.8 Å². The van der Waals surface area contributed by atoms with Gasteiger partial charge in [-0.25, -0.2) is 4.79 Å². The van der Waals surface area contributed by atoms with Gasteiger partial charge in [0.15, 0.2) is 0 Å². The van der Waals surface area contributed by atoms with Crippen molar-refractivity contribution in [3.8, 4) is 0 Å². The van der Waals surface area contributed by atoms with Crippen molar-refractivity contribution in [1.29, 1.82) is 0 Å². The molecule has 0 radical (unpaired) electrons. The summed E-state index contributed by atoms with van der Waals surface area (Å²) < 4.78 is 0. The second-order valence-corrected chi connectivity index (χ2v) is 6.67. The number of aryl methyl sites for hydroxylation is 1. The predicted molar refractivity (Wildman–Crippen MR) is 94.1 cm³/mol. The fourth-order valence-corrected chi connectivity index (χ4v) is 1.99. The largest absolute Gasteiger partial charge is 0.355 e. The first kappa shape index (κ1) is 19.5. The fraction of sp³-hybridized carbons (Fsp3) is 0.471. The van der Waals surface area contributed by atoms with Gasteiger partial charge in [-0.15, -0.1) is 0 Å². The summed E-state index contributed by atoms with van der Waals surface area (Å²) in [6, 6.07) is 3.80. The highest BCUT2D eigenvalue weighted by Crippen LogP contribution is 2.16. The number of carbonyl (C=O) groups is 3. The zero-order valence-corrected chi connectivity index (χ0v) is 15.0. The number of benzene rings is 1. The Balaban J connectivity index is 2.68. The van der Waals surface area contributed by atoms with E-state index in [2.05, 4.69) is 21.3 Å². The highest BCUT2D eigenvalue weighted by molar-refractivity contribution is 5.97. The lowest BCUT2D eigenvalue weighted by atomic mass is 10.1. The van der Waals surface area contributed by atoms with Crippen molar-refractivity contribution in [3.05, 3.63) is 29.3 Å². The minimum Gasteiger partial charge on any atom is -0.355 e. The van der Waals surface area contributed by atoms with Crippen LogP contribution in [0.25, 0.3) is 0 Å². The Morgan fingerprint density at radius 2 is 1.75 bits per heavy atom. The minimum atomic E-state index is -0.672. The molecule has 4 N–H and O–H groups in total. The van der Waals surface area contributed by atoms with E-state index in [-0.39, 0.29) is 17.4 Å². The van der Waals surface area contributed by atoms with Crippen molar-refractivity contribution in [1.82, 2.24) is 16.0 Å². The molecule has 4 amide bonds. The van der Waals surface area contributed by atoms with Crippen LogP contribution >= 0.6 is 0 Å².